The lowest BCUT2D eigenvalue weighted by Crippen LogP contribution is -2.41. The second-order valence-electron chi connectivity index (χ2n) is 5.25. The summed E-state index contributed by atoms with van der Waals surface area (Å²) in [6, 6.07) is 3.15. The predicted molar refractivity (Wildman–Crippen MR) is 82.7 cm³/mol. The third-order valence-corrected chi connectivity index (χ3v) is 3.71. The van der Waals surface area contributed by atoms with Crippen LogP contribution in [-0.2, 0) is 4.79 Å². The Hall–Kier alpha value is -2.70. The van der Waals surface area contributed by atoms with E-state index < -0.39 is 0 Å². The molecule has 2 aromatic heterocycles. The summed E-state index contributed by atoms with van der Waals surface area (Å²) in [4.78, 5) is 37.3. The maximum atomic E-state index is 12.4. The van der Waals surface area contributed by atoms with E-state index in [2.05, 4.69) is 20.3 Å². The Morgan fingerprint density at radius 1 is 1.36 bits per heavy atom. The van der Waals surface area contributed by atoms with Crippen molar-refractivity contribution in [3.63, 3.8) is 0 Å². The molecular weight excluding hydrogens is 282 g/mol. The number of carbonyl (C=O) groups is 1. The Kier molecular flexibility index (Phi) is 4.13. The number of anilines is 2. The van der Waals surface area contributed by atoms with Crippen molar-refractivity contribution in [2.45, 2.75) is 12.8 Å². The van der Waals surface area contributed by atoms with Crippen molar-refractivity contribution in [3.8, 4) is 0 Å². The van der Waals surface area contributed by atoms with Crippen LogP contribution < -0.4 is 15.6 Å². The van der Waals surface area contributed by atoms with Gasteiger partial charge in [-0.2, -0.15) is 0 Å². The highest BCUT2D eigenvalue weighted by molar-refractivity contribution is 5.92. The van der Waals surface area contributed by atoms with Crippen LogP contribution in [0.5, 0.6) is 0 Å². The molecule has 1 aliphatic heterocycles. The topological polar surface area (TPSA) is 91.0 Å². The molecule has 3 rings (SSSR count). The maximum absolute atomic E-state index is 12.4. The molecule has 1 aliphatic rings. The molecule has 7 nitrogen and oxygen atoms in total. The molecule has 22 heavy (non-hydrogen) atoms. The van der Waals surface area contributed by atoms with Gasteiger partial charge in [-0.25, -0.2) is 9.97 Å². The smallest absolute Gasteiger partial charge is 0.229 e. The minimum Gasteiger partial charge on any atom is -0.366 e. The van der Waals surface area contributed by atoms with Crippen LogP contribution in [0.1, 0.15) is 12.8 Å². The number of rotatable bonds is 3. The van der Waals surface area contributed by atoms with Crippen LogP contribution in [0, 0.1) is 5.92 Å². The quantitative estimate of drug-likeness (QED) is 0.883. The molecule has 0 bridgehead atoms. The lowest BCUT2D eigenvalue weighted by Gasteiger charge is -2.31. The molecule has 0 aliphatic carbocycles. The van der Waals surface area contributed by atoms with Gasteiger partial charge in [0.25, 0.3) is 0 Å². The Balaban J connectivity index is 1.68. The summed E-state index contributed by atoms with van der Waals surface area (Å²) in [6.45, 7) is 1.39. The molecule has 1 amide bonds. The highest BCUT2D eigenvalue weighted by Gasteiger charge is 2.27. The summed E-state index contributed by atoms with van der Waals surface area (Å²) in [6.07, 6.45) is 8.10. The van der Waals surface area contributed by atoms with E-state index in [0.717, 1.165) is 19.4 Å². The molecule has 0 aromatic carbocycles. The molecule has 0 spiro atoms. The number of nitrogens with one attached hydrogen (secondary N) is 2. The van der Waals surface area contributed by atoms with E-state index in [4.69, 9.17) is 0 Å². The summed E-state index contributed by atoms with van der Waals surface area (Å²) < 4.78 is 0. The number of hydrogen-bond donors (Lipinski definition) is 2. The van der Waals surface area contributed by atoms with Gasteiger partial charge in [0, 0.05) is 43.9 Å². The highest BCUT2D eigenvalue weighted by atomic mass is 16.2. The van der Waals surface area contributed by atoms with Crippen molar-refractivity contribution >= 4 is 17.5 Å². The van der Waals surface area contributed by atoms with Gasteiger partial charge in [0.2, 0.25) is 17.3 Å². The first kappa shape index (κ1) is 14.2. The monoisotopic (exact) mass is 299 g/mol. The summed E-state index contributed by atoms with van der Waals surface area (Å²) in [5.74, 6) is 0.312. The molecule has 1 atom stereocenters. The Bertz CT molecular complexity index is 700. The fourth-order valence-electron chi connectivity index (χ4n) is 2.58. The average Bonchev–Trinajstić information content (AvgIpc) is 2.58. The van der Waals surface area contributed by atoms with Crippen LogP contribution in [0.4, 0.5) is 11.6 Å². The number of amides is 1. The zero-order chi connectivity index (χ0) is 15.4. The molecule has 0 saturated carbocycles. The number of aromatic amines is 1. The molecular formula is C15H17N5O2. The predicted octanol–water partition coefficient (Wildman–Crippen LogP) is 1.02. The van der Waals surface area contributed by atoms with Crippen molar-refractivity contribution in [2.24, 2.45) is 5.92 Å². The van der Waals surface area contributed by atoms with E-state index in [0.29, 0.717) is 12.5 Å². The van der Waals surface area contributed by atoms with Gasteiger partial charge in [0.1, 0.15) is 5.69 Å². The Morgan fingerprint density at radius 3 is 2.95 bits per heavy atom. The standard InChI is InChI=1S/C15H17N5O2/c21-13-4-7-16-9-12(13)19-14(22)11-3-1-8-20(10-11)15-17-5-2-6-18-15/h2,4-7,9,11H,1,3,8,10H2,(H,16,21)(H,19,22)/t11-/m1/s1. The van der Waals surface area contributed by atoms with E-state index in [-0.39, 0.29) is 22.9 Å². The summed E-state index contributed by atoms with van der Waals surface area (Å²) in [5, 5.41) is 2.70. The SMILES string of the molecule is O=C(Nc1c[nH]ccc1=O)[C@@H]1CCCN(c2ncccn2)C1. The Morgan fingerprint density at radius 2 is 2.18 bits per heavy atom. The van der Waals surface area contributed by atoms with Crippen LogP contribution in [0.2, 0.25) is 0 Å². The van der Waals surface area contributed by atoms with E-state index in [1.807, 2.05) is 4.90 Å². The molecule has 114 valence electrons. The summed E-state index contributed by atoms with van der Waals surface area (Å²) in [5.41, 5.74) is 0.0757. The maximum Gasteiger partial charge on any atom is 0.229 e. The van der Waals surface area contributed by atoms with Crippen molar-refractivity contribution in [2.75, 3.05) is 23.3 Å². The Labute approximate surface area is 127 Å². The zero-order valence-electron chi connectivity index (χ0n) is 12.0. The number of pyridine rings is 1. The second kappa shape index (κ2) is 6.38. The van der Waals surface area contributed by atoms with E-state index >= 15 is 0 Å². The van der Waals surface area contributed by atoms with E-state index in [9.17, 15) is 9.59 Å². The molecule has 1 saturated heterocycles. The first-order valence-corrected chi connectivity index (χ1v) is 7.24. The molecule has 7 heteroatoms. The average molecular weight is 299 g/mol. The molecule has 0 radical (unpaired) electrons. The van der Waals surface area contributed by atoms with Crippen LogP contribution in [0.3, 0.4) is 0 Å². The van der Waals surface area contributed by atoms with Gasteiger partial charge >= 0.3 is 0 Å². The van der Waals surface area contributed by atoms with Gasteiger partial charge in [-0.05, 0) is 18.9 Å². The van der Waals surface area contributed by atoms with Gasteiger partial charge in [0.05, 0.1) is 5.92 Å². The lowest BCUT2D eigenvalue weighted by molar-refractivity contribution is -0.120. The van der Waals surface area contributed by atoms with Gasteiger partial charge in [0.15, 0.2) is 0 Å². The second-order valence-corrected chi connectivity index (χ2v) is 5.25. The molecule has 3 heterocycles. The molecule has 2 aromatic rings. The normalized spacial score (nSPS) is 18.0. The lowest BCUT2D eigenvalue weighted by atomic mass is 9.97. The minimum absolute atomic E-state index is 0.141. The van der Waals surface area contributed by atoms with E-state index in [1.165, 1.54) is 18.5 Å². The first-order chi connectivity index (χ1) is 10.7. The number of carbonyl (C=O) groups excluding carboxylic acids is 1. The third kappa shape index (κ3) is 3.13. The van der Waals surface area contributed by atoms with Gasteiger partial charge in [-0.15, -0.1) is 0 Å². The number of piperidine rings is 1. The van der Waals surface area contributed by atoms with Crippen molar-refractivity contribution in [3.05, 3.63) is 47.1 Å². The van der Waals surface area contributed by atoms with Crippen LogP contribution in [-0.4, -0.2) is 33.9 Å². The summed E-state index contributed by atoms with van der Waals surface area (Å²) in [7, 11) is 0. The van der Waals surface area contributed by atoms with Crippen molar-refractivity contribution in [1.29, 1.82) is 0 Å². The zero-order valence-corrected chi connectivity index (χ0v) is 12.0. The molecule has 2 N–H and O–H groups in total. The van der Waals surface area contributed by atoms with Gasteiger partial charge in [-0.1, -0.05) is 0 Å². The number of H-pyrrole nitrogens is 1. The largest absolute Gasteiger partial charge is 0.366 e. The minimum atomic E-state index is -0.203. The summed E-state index contributed by atoms with van der Waals surface area (Å²) >= 11 is 0. The van der Waals surface area contributed by atoms with Gasteiger partial charge < -0.3 is 15.2 Å². The fourth-order valence-corrected chi connectivity index (χ4v) is 2.58. The van der Waals surface area contributed by atoms with Gasteiger partial charge in [-0.3, -0.25) is 9.59 Å². The van der Waals surface area contributed by atoms with Crippen LogP contribution >= 0.6 is 0 Å². The van der Waals surface area contributed by atoms with Crippen LogP contribution in [0.25, 0.3) is 0 Å². The molecule has 1 fully saturated rings. The third-order valence-electron chi connectivity index (χ3n) is 3.71. The van der Waals surface area contributed by atoms with Crippen molar-refractivity contribution < 1.29 is 4.79 Å². The van der Waals surface area contributed by atoms with Crippen molar-refractivity contribution in [1.82, 2.24) is 15.0 Å². The highest BCUT2D eigenvalue weighted by Crippen LogP contribution is 2.20. The van der Waals surface area contributed by atoms with Crippen LogP contribution in [0.15, 0.2) is 41.7 Å². The molecule has 0 unspecified atom stereocenters. The fraction of sp³-hybridized carbons (Fsp3) is 0.333. The first-order valence-electron chi connectivity index (χ1n) is 7.24. The number of nitrogens with zero attached hydrogens (tertiary/aromatic N) is 3. The van der Waals surface area contributed by atoms with E-state index in [1.54, 1.807) is 18.5 Å². The number of hydrogen-bond acceptors (Lipinski definition) is 5. The number of aromatic nitrogens is 3.